The van der Waals surface area contributed by atoms with Gasteiger partial charge in [-0.15, -0.1) is 0 Å². The molecule has 1 atom stereocenters. The molecule has 0 N–H and O–H groups in total. The van der Waals surface area contributed by atoms with Crippen molar-refractivity contribution in [2.24, 2.45) is 0 Å². The van der Waals surface area contributed by atoms with Crippen LogP contribution in [-0.4, -0.2) is 51.3 Å². The highest BCUT2D eigenvalue weighted by Gasteiger charge is 2.13. The fraction of sp³-hybridized carbons (Fsp3) is 1.00. The summed E-state index contributed by atoms with van der Waals surface area (Å²) in [6, 6.07) is 0. The number of unbranched alkanes of at least 4 members (excludes halogenated alkanes) is 1. The molecule has 96 valence electrons. The molecule has 0 spiro atoms. The molecule has 1 saturated heterocycles. The topological polar surface area (TPSA) is 36.9 Å². The Morgan fingerprint density at radius 1 is 1.06 bits per heavy atom. The van der Waals surface area contributed by atoms with Gasteiger partial charge in [-0.25, -0.2) is 0 Å². The number of ether oxygens (including phenoxy) is 4. The van der Waals surface area contributed by atoms with Crippen LogP contribution in [0.3, 0.4) is 0 Å². The lowest BCUT2D eigenvalue weighted by molar-refractivity contribution is -0.212. The Kier molecular flexibility index (Phi) is 9.41. The standard InChI is InChI=1S/C11H21BrO4/c12-4-1-2-5-13-6-3-7-15-11-10-14-8-9-16-11/h11H,1-10H2. The zero-order valence-corrected chi connectivity index (χ0v) is 11.2. The van der Waals surface area contributed by atoms with Gasteiger partial charge in [0.05, 0.1) is 26.4 Å². The Hall–Kier alpha value is 0.320. The maximum Gasteiger partial charge on any atom is 0.180 e. The monoisotopic (exact) mass is 296 g/mol. The highest BCUT2D eigenvalue weighted by Crippen LogP contribution is 2.03. The van der Waals surface area contributed by atoms with Crippen molar-refractivity contribution in [2.75, 3.05) is 45.0 Å². The van der Waals surface area contributed by atoms with Crippen molar-refractivity contribution in [3.05, 3.63) is 0 Å². The van der Waals surface area contributed by atoms with Crippen LogP contribution in [0.4, 0.5) is 0 Å². The molecule has 1 heterocycles. The zero-order valence-electron chi connectivity index (χ0n) is 9.66. The number of alkyl halides is 1. The average Bonchev–Trinajstić information content (AvgIpc) is 2.34. The second-order valence-corrected chi connectivity index (χ2v) is 4.40. The van der Waals surface area contributed by atoms with E-state index < -0.39 is 0 Å². The van der Waals surface area contributed by atoms with Gasteiger partial charge >= 0.3 is 0 Å². The summed E-state index contributed by atoms with van der Waals surface area (Å²) in [4.78, 5) is 0. The molecule has 1 fully saturated rings. The molecule has 16 heavy (non-hydrogen) atoms. The molecule has 1 aliphatic rings. The van der Waals surface area contributed by atoms with E-state index in [1.165, 1.54) is 6.42 Å². The van der Waals surface area contributed by atoms with Crippen LogP contribution >= 0.6 is 15.9 Å². The van der Waals surface area contributed by atoms with E-state index in [2.05, 4.69) is 15.9 Å². The van der Waals surface area contributed by atoms with Gasteiger partial charge in [0.2, 0.25) is 0 Å². The third-order valence-electron chi connectivity index (χ3n) is 2.19. The van der Waals surface area contributed by atoms with Crippen LogP contribution in [0.2, 0.25) is 0 Å². The minimum atomic E-state index is -0.179. The van der Waals surface area contributed by atoms with E-state index >= 15 is 0 Å². The molecular formula is C11H21BrO4. The summed E-state index contributed by atoms with van der Waals surface area (Å²) in [5, 5.41) is 1.05. The summed E-state index contributed by atoms with van der Waals surface area (Å²) >= 11 is 3.39. The van der Waals surface area contributed by atoms with Gasteiger partial charge < -0.3 is 18.9 Å². The Morgan fingerprint density at radius 3 is 2.69 bits per heavy atom. The van der Waals surface area contributed by atoms with Gasteiger partial charge in [0.15, 0.2) is 6.29 Å². The second-order valence-electron chi connectivity index (χ2n) is 3.61. The van der Waals surface area contributed by atoms with E-state index in [0.717, 1.165) is 31.4 Å². The Labute approximate surface area is 106 Å². The fourth-order valence-corrected chi connectivity index (χ4v) is 1.74. The molecule has 1 aliphatic heterocycles. The van der Waals surface area contributed by atoms with E-state index in [0.29, 0.717) is 26.4 Å². The van der Waals surface area contributed by atoms with Crippen LogP contribution in [0, 0.1) is 0 Å². The summed E-state index contributed by atoms with van der Waals surface area (Å²) in [5.74, 6) is 0. The maximum absolute atomic E-state index is 5.48. The number of hydrogen-bond donors (Lipinski definition) is 0. The molecule has 5 heteroatoms. The maximum atomic E-state index is 5.48. The minimum Gasteiger partial charge on any atom is -0.381 e. The molecule has 0 aromatic carbocycles. The van der Waals surface area contributed by atoms with Crippen molar-refractivity contribution in [3.8, 4) is 0 Å². The molecule has 0 radical (unpaired) electrons. The van der Waals surface area contributed by atoms with Gasteiger partial charge in [0, 0.05) is 18.5 Å². The molecule has 0 aromatic rings. The van der Waals surface area contributed by atoms with Crippen molar-refractivity contribution < 1.29 is 18.9 Å². The minimum absolute atomic E-state index is 0.179. The van der Waals surface area contributed by atoms with E-state index in [1.54, 1.807) is 0 Å². The first kappa shape index (κ1) is 14.4. The van der Waals surface area contributed by atoms with E-state index in [9.17, 15) is 0 Å². The third kappa shape index (κ3) is 7.57. The lowest BCUT2D eigenvalue weighted by Crippen LogP contribution is -2.31. The highest BCUT2D eigenvalue weighted by atomic mass is 79.9. The van der Waals surface area contributed by atoms with E-state index in [4.69, 9.17) is 18.9 Å². The van der Waals surface area contributed by atoms with Gasteiger partial charge in [-0.05, 0) is 19.3 Å². The Morgan fingerprint density at radius 2 is 1.94 bits per heavy atom. The molecule has 4 nitrogen and oxygen atoms in total. The Bertz CT molecular complexity index is 151. The number of hydrogen-bond acceptors (Lipinski definition) is 4. The van der Waals surface area contributed by atoms with Gasteiger partial charge in [0.1, 0.15) is 0 Å². The molecular weight excluding hydrogens is 276 g/mol. The number of rotatable bonds is 9. The SMILES string of the molecule is BrCCCCOCCCOC1COCCO1. The summed E-state index contributed by atoms with van der Waals surface area (Å²) in [6.07, 6.45) is 3.02. The largest absolute Gasteiger partial charge is 0.381 e. The van der Waals surface area contributed by atoms with Crippen molar-refractivity contribution in [1.82, 2.24) is 0 Å². The first-order valence-electron chi connectivity index (χ1n) is 5.88. The number of halogens is 1. The van der Waals surface area contributed by atoms with Crippen LogP contribution < -0.4 is 0 Å². The molecule has 0 saturated carbocycles. The van der Waals surface area contributed by atoms with Crippen molar-refractivity contribution in [1.29, 1.82) is 0 Å². The smallest absolute Gasteiger partial charge is 0.180 e. The van der Waals surface area contributed by atoms with Gasteiger partial charge in [0.25, 0.3) is 0 Å². The van der Waals surface area contributed by atoms with Crippen LogP contribution in [0.5, 0.6) is 0 Å². The van der Waals surface area contributed by atoms with Crippen LogP contribution in [0.1, 0.15) is 19.3 Å². The fourth-order valence-electron chi connectivity index (χ4n) is 1.34. The average molecular weight is 297 g/mol. The lowest BCUT2D eigenvalue weighted by Gasteiger charge is -2.22. The first-order chi connectivity index (χ1) is 7.93. The van der Waals surface area contributed by atoms with E-state index in [-0.39, 0.29) is 6.29 Å². The Balaban J connectivity index is 1.77. The lowest BCUT2D eigenvalue weighted by atomic mass is 10.4. The summed E-state index contributed by atoms with van der Waals surface area (Å²) in [6.45, 7) is 4.13. The quantitative estimate of drug-likeness (QED) is 0.481. The molecule has 0 aromatic heterocycles. The normalized spacial score (nSPS) is 21.2. The summed E-state index contributed by atoms with van der Waals surface area (Å²) in [7, 11) is 0. The van der Waals surface area contributed by atoms with Gasteiger partial charge in [-0.2, -0.15) is 0 Å². The molecule has 1 unspecified atom stereocenters. The van der Waals surface area contributed by atoms with Crippen LogP contribution in [-0.2, 0) is 18.9 Å². The predicted octanol–water partition coefficient (Wildman–Crippen LogP) is 1.96. The molecule has 0 amide bonds. The molecule has 0 aliphatic carbocycles. The van der Waals surface area contributed by atoms with Crippen molar-refractivity contribution in [3.63, 3.8) is 0 Å². The van der Waals surface area contributed by atoms with Crippen LogP contribution in [0.25, 0.3) is 0 Å². The summed E-state index contributed by atoms with van der Waals surface area (Å²) in [5.41, 5.74) is 0. The summed E-state index contributed by atoms with van der Waals surface area (Å²) < 4.78 is 21.5. The first-order valence-corrected chi connectivity index (χ1v) is 7.00. The van der Waals surface area contributed by atoms with Crippen LogP contribution in [0.15, 0.2) is 0 Å². The van der Waals surface area contributed by atoms with E-state index in [1.807, 2.05) is 0 Å². The predicted molar refractivity (Wildman–Crippen MR) is 65.0 cm³/mol. The molecule has 1 rings (SSSR count). The molecule has 0 bridgehead atoms. The zero-order chi connectivity index (χ0) is 11.5. The van der Waals surface area contributed by atoms with Gasteiger partial charge in [-0.1, -0.05) is 15.9 Å². The highest BCUT2D eigenvalue weighted by molar-refractivity contribution is 9.09. The van der Waals surface area contributed by atoms with Crippen molar-refractivity contribution in [2.45, 2.75) is 25.6 Å². The van der Waals surface area contributed by atoms with Crippen molar-refractivity contribution >= 4 is 15.9 Å². The third-order valence-corrected chi connectivity index (χ3v) is 2.76. The second kappa shape index (κ2) is 10.5. The van der Waals surface area contributed by atoms with Gasteiger partial charge in [-0.3, -0.25) is 0 Å².